The summed E-state index contributed by atoms with van der Waals surface area (Å²) in [5.74, 6) is -0.929. The molecule has 2 N–H and O–H groups in total. The Balaban J connectivity index is 1.54. The Hall–Kier alpha value is -3.40. The van der Waals surface area contributed by atoms with Gasteiger partial charge in [-0.25, -0.2) is 0 Å². The predicted octanol–water partition coefficient (Wildman–Crippen LogP) is 3.84. The molecule has 0 aliphatic rings. The molecule has 0 bridgehead atoms. The Bertz CT molecular complexity index is 918. The second-order valence-electron chi connectivity index (χ2n) is 6.41. The van der Waals surface area contributed by atoms with Crippen LogP contribution in [0, 0.1) is 0 Å². The van der Waals surface area contributed by atoms with Crippen molar-refractivity contribution in [2.45, 2.75) is 19.4 Å². The van der Waals surface area contributed by atoms with Crippen molar-refractivity contribution in [1.82, 2.24) is 5.32 Å². The molecule has 0 saturated heterocycles. The van der Waals surface area contributed by atoms with Gasteiger partial charge in [0.15, 0.2) is 0 Å². The van der Waals surface area contributed by atoms with Crippen LogP contribution in [0.15, 0.2) is 78.9 Å². The quantitative estimate of drug-likeness (QED) is 0.674. The maximum atomic E-state index is 12.2. The Morgan fingerprint density at radius 1 is 0.704 bits per heavy atom. The van der Waals surface area contributed by atoms with Crippen molar-refractivity contribution >= 4 is 11.9 Å². The normalized spacial score (nSPS) is 10.4. The maximum Gasteiger partial charge on any atom is 0.307 e. The summed E-state index contributed by atoms with van der Waals surface area (Å²) in [5.41, 5.74) is 4.84. The molecule has 0 spiro atoms. The van der Waals surface area contributed by atoms with Crippen LogP contribution >= 0.6 is 0 Å². The van der Waals surface area contributed by atoms with Crippen molar-refractivity contribution in [3.63, 3.8) is 0 Å². The van der Waals surface area contributed by atoms with Crippen LogP contribution < -0.4 is 5.32 Å². The van der Waals surface area contributed by atoms with E-state index in [2.05, 4.69) is 17.4 Å². The van der Waals surface area contributed by atoms with Crippen LogP contribution in [-0.4, -0.2) is 17.0 Å². The average Bonchev–Trinajstić information content (AvgIpc) is 2.67. The fourth-order valence-electron chi connectivity index (χ4n) is 2.92. The van der Waals surface area contributed by atoms with Crippen LogP contribution in [0.3, 0.4) is 0 Å². The third kappa shape index (κ3) is 5.54. The molecule has 0 unspecified atom stereocenters. The summed E-state index contributed by atoms with van der Waals surface area (Å²) in [7, 11) is 0. The fraction of sp³-hybridized carbons (Fsp3) is 0.130. The molecule has 3 rings (SSSR count). The van der Waals surface area contributed by atoms with E-state index in [1.54, 1.807) is 6.07 Å². The predicted molar refractivity (Wildman–Crippen MR) is 105 cm³/mol. The van der Waals surface area contributed by atoms with Gasteiger partial charge in [-0.05, 0) is 27.8 Å². The van der Waals surface area contributed by atoms with E-state index in [0.717, 1.165) is 27.8 Å². The number of carbonyl (C=O) groups excluding carboxylic acids is 1. The molecule has 3 aromatic rings. The third-order valence-corrected chi connectivity index (χ3v) is 4.26. The highest BCUT2D eigenvalue weighted by molar-refractivity contribution is 5.79. The monoisotopic (exact) mass is 359 g/mol. The lowest BCUT2D eigenvalue weighted by Gasteiger charge is -2.08. The molecule has 0 fully saturated rings. The summed E-state index contributed by atoms with van der Waals surface area (Å²) in [5, 5.41) is 11.8. The van der Waals surface area contributed by atoms with Crippen molar-refractivity contribution in [1.29, 1.82) is 0 Å². The van der Waals surface area contributed by atoms with Crippen molar-refractivity contribution in [3.8, 4) is 11.1 Å². The van der Waals surface area contributed by atoms with E-state index in [1.807, 2.05) is 60.7 Å². The standard InChI is InChI=1S/C23H21NO3/c25-22(24-16-19-6-4-5-18(13-19)15-23(26)27)14-17-9-11-21(12-10-17)20-7-2-1-3-8-20/h1-13H,14-16H2,(H,24,25)(H,26,27). The van der Waals surface area contributed by atoms with Gasteiger partial charge in [0.05, 0.1) is 12.8 Å². The van der Waals surface area contributed by atoms with Crippen molar-refractivity contribution in [2.24, 2.45) is 0 Å². The number of benzene rings is 3. The summed E-state index contributed by atoms with van der Waals surface area (Å²) in [6, 6.07) is 25.3. The first-order valence-electron chi connectivity index (χ1n) is 8.81. The summed E-state index contributed by atoms with van der Waals surface area (Å²) < 4.78 is 0. The molecule has 27 heavy (non-hydrogen) atoms. The zero-order valence-electron chi connectivity index (χ0n) is 14.9. The molecule has 3 aromatic carbocycles. The van der Waals surface area contributed by atoms with Gasteiger partial charge < -0.3 is 10.4 Å². The minimum Gasteiger partial charge on any atom is -0.481 e. The van der Waals surface area contributed by atoms with Gasteiger partial charge in [0.2, 0.25) is 5.91 Å². The van der Waals surface area contributed by atoms with Crippen LogP contribution in [0.2, 0.25) is 0 Å². The maximum absolute atomic E-state index is 12.2. The first-order valence-corrected chi connectivity index (χ1v) is 8.81. The van der Waals surface area contributed by atoms with Gasteiger partial charge in [0.25, 0.3) is 0 Å². The van der Waals surface area contributed by atoms with E-state index in [9.17, 15) is 9.59 Å². The largest absolute Gasteiger partial charge is 0.481 e. The zero-order valence-corrected chi connectivity index (χ0v) is 14.9. The highest BCUT2D eigenvalue weighted by Crippen LogP contribution is 2.19. The topological polar surface area (TPSA) is 66.4 Å². The number of nitrogens with one attached hydrogen (secondary N) is 1. The number of hydrogen-bond acceptors (Lipinski definition) is 2. The second-order valence-corrected chi connectivity index (χ2v) is 6.41. The van der Waals surface area contributed by atoms with Gasteiger partial charge >= 0.3 is 5.97 Å². The Labute approximate surface area is 158 Å². The van der Waals surface area contributed by atoms with E-state index in [4.69, 9.17) is 5.11 Å². The molecule has 136 valence electrons. The fourth-order valence-corrected chi connectivity index (χ4v) is 2.92. The Morgan fingerprint density at radius 2 is 1.37 bits per heavy atom. The lowest BCUT2D eigenvalue weighted by Crippen LogP contribution is -2.24. The Morgan fingerprint density at radius 3 is 2.07 bits per heavy atom. The molecular formula is C23H21NO3. The number of carboxylic acids is 1. The molecule has 0 radical (unpaired) electrons. The Kier molecular flexibility index (Phi) is 6.00. The lowest BCUT2D eigenvalue weighted by molar-refractivity contribution is -0.136. The van der Waals surface area contributed by atoms with Crippen LogP contribution in [0.5, 0.6) is 0 Å². The summed E-state index contributed by atoms with van der Waals surface area (Å²) in [4.78, 5) is 23.0. The van der Waals surface area contributed by atoms with Crippen LogP contribution in [-0.2, 0) is 29.0 Å². The number of amides is 1. The second kappa shape index (κ2) is 8.81. The molecule has 0 aliphatic heterocycles. The van der Waals surface area contributed by atoms with Gasteiger partial charge in [-0.3, -0.25) is 9.59 Å². The molecule has 0 aromatic heterocycles. The number of aliphatic carboxylic acids is 1. The number of hydrogen-bond donors (Lipinski definition) is 2. The zero-order chi connectivity index (χ0) is 19.1. The van der Waals surface area contributed by atoms with E-state index in [-0.39, 0.29) is 12.3 Å². The first kappa shape index (κ1) is 18.4. The molecule has 0 saturated carbocycles. The highest BCUT2D eigenvalue weighted by Gasteiger charge is 2.06. The van der Waals surface area contributed by atoms with E-state index < -0.39 is 5.97 Å². The molecule has 0 heterocycles. The number of rotatable bonds is 7. The highest BCUT2D eigenvalue weighted by atomic mass is 16.4. The lowest BCUT2D eigenvalue weighted by atomic mass is 10.0. The summed E-state index contributed by atoms with van der Waals surface area (Å²) in [6.07, 6.45) is 0.291. The SMILES string of the molecule is O=C(O)Cc1cccc(CNC(=O)Cc2ccc(-c3ccccc3)cc2)c1. The molecule has 1 amide bonds. The molecule has 0 aliphatic carbocycles. The number of carbonyl (C=O) groups is 2. The molecular weight excluding hydrogens is 338 g/mol. The van der Waals surface area contributed by atoms with Gasteiger partial charge in [-0.1, -0.05) is 78.9 Å². The van der Waals surface area contributed by atoms with Crippen molar-refractivity contribution < 1.29 is 14.7 Å². The third-order valence-electron chi connectivity index (χ3n) is 4.26. The van der Waals surface area contributed by atoms with Gasteiger partial charge in [-0.2, -0.15) is 0 Å². The van der Waals surface area contributed by atoms with Gasteiger partial charge in [0.1, 0.15) is 0 Å². The molecule has 4 nitrogen and oxygen atoms in total. The van der Waals surface area contributed by atoms with E-state index >= 15 is 0 Å². The smallest absolute Gasteiger partial charge is 0.307 e. The number of carboxylic acid groups (broad SMARTS) is 1. The summed E-state index contributed by atoms with van der Waals surface area (Å²) >= 11 is 0. The van der Waals surface area contributed by atoms with Gasteiger partial charge in [-0.15, -0.1) is 0 Å². The average molecular weight is 359 g/mol. The minimum atomic E-state index is -0.866. The molecule has 4 heteroatoms. The molecule has 0 atom stereocenters. The van der Waals surface area contributed by atoms with Crippen LogP contribution in [0.4, 0.5) is 0 Å². The van der Waals surface area contributed by atoms with E-state index in [0.29, 0.717) is 13.0 Å². The van der Waals surface area contributed by atoms with Crippen LogP contribution in [0.1, 0.15) is 16.7 Å². The summed E-state index contributed by atoms with van der Waals surface area (Å²) in [6.45, 7) is 0.383. The van der Waals surface area contributed by atoms with E-state index in [1.165, 1.54) is 0 Å². The minimum absolute atomic E-state index is 0.0183. The first-order chi connectivity index (χ1) is 13.1. The van der Waals surface area contributed by atoms with Crippen molar-refractivity contribution in [3.05, 3.63) is 95.6 Å². The van der Waals surface area contributed by atoms with Crippen LogP contribution in [0.25, 0.3) is 11.1 Å². The van der Waals surface area contributed by atoms with Crippen molar-refractivity contribution in [2.75, 3.05) is 0 Å². The van der Waals surface area contributed by atoms with Gasteiger partial charge in [0, 0.05) is 6.54 Å².